The summed E-state index contributed by atoms with van der Waals surface area (Å²) < 4.78 is 5.74. The number of morpholine rings is 1. The van der Waals surface area contributed by atoms with Crippen molar-refractivity contribution < 1.29 is 9.84 Å². The number of nitrogens with two attached hydrogens (primary N) is 1. The Morgan fingerprint density at radius 2 is 2.33 bits per heavy atom. The summed E-state index contributed by atoms with van der Waals surface area (Å²) in [5.74, 6) is 0. The van der Waals surface area contributed by atoms with Gasteiger partial charge in [-0.1, -0.05) is 0 Å². The van der Waals surface area contributed by atoms with Gasteiger partial charge in [-0.05, 0) is 25.7 Å². The zero-order chi connectivity index (χ0) is 10.7. The predicted octanol–water partition coefficient (Wildman–Crippen LogP) is -0.0506. The molecule has 0 bridgehead atoms. The molecule has 1 saturated carbocycles. The smallest absolute Gasteiger partial charge is 0.0730 e. The molecule has 88 valence electrons. The van der Waals surface area contributed by atoms with Gasteiger partial charge in [0.2, 0.25) is 0 Å². The maximum Gasteiger partial charge on any atom is 0.0730 e. The molecule has 3 unspecified atom stereocenters. The summed E-state index contributed by atoms with van der Waals surface area (Å²) in [6.07, 6.45) is 5.12. The number of nitrogens with zero attached hydrogens (tertiary/aromatic N) is 1. The van der Waals surface area contributed by atoms with Gasteiger partial charge in [0.25, 0.3) is 0 Å². The predicted molar refractivity (Wildman–Crippen MR) is 58.6 cm³/mol. The van der Waals surface area contributed by atoms with E-state index in [1.807, 2.05) is 0 Å². The second-order valence-corrected chi connectivity index (χ2v) is 4.67. The third-order valence-corrected chi connectivity index (χ3v) is 3.62. The van der Waals surface area contributed by atoms with E-state index in [9.17, 15) is 0 Å². The lowest BCUT2D eigenvalue weighted by Crippen LogP contribution is -2.49. The third kappa shape index (κ3) is 2.69. The molecule has 0 aromatic rings. The van der Waals surface area contributed by atoms with E-state index in [1.54, 1.807) is 0 Å². The van der Waals surface area contributed by atoms with Crippen LogP contribution >= 0.6 is 0 Å². The molecule has 2 aliphatic rings. The normalized spacial score (nSPS) is 34.0. The molecule has 1 aliphatic heterocycles. The standard InChI is InChI=1S/C11H22N2O2/c12-9(8-14)4-5-13-6-7-15-11-3-1-2-10(11)13/h9-11,14H,1-8,12H2. The van der Waals surface area contributed by atoms with Crippen LogP contribution in [0, 0.1) is 0 Å². The van der Waals surface area contributed by atoms with Gasteiger partial charge >= 0.3 is 0 Å². The zero-order valence-corrected chi connectivity index (χ0v) is 9.27. The number of ether oxygens (including phenoxy) is 1. The van der Waals surface area contributed by atoms with Gasteiger partial charge in [-0.3, -0.25) is 4.90 Å². The van der Waals surface area contributed by atoms with Crippen LogP contribution in [-0.2, 0) is 4.74 Å². The van der Waals surface area contributed by atoms with E-state index in [0.717, 1.165) is 26.1 Å². The molecule has 0 amide bonds. The first-order valence-corrected chi connectivity index (χ1v) is 6.03. The number of rotatable bonds is 4. The van der Waals surface area contributed by atoms with Gasteiger partial charge in [-0.25, -0.2) is 0 Å². The van der Waals surface area contributed by atoms with Crippen LogP contribution in [0.2, 0.25) is 0 Å². The molecule has 0 spiro atoms. The highest BCUT2D eigenvalue weighted by Crippen LogP contribution is 2.29. The fraction of sp³-hybridized carbons (Fsp3) is 1.00. The first-order valence-electron chi connectivity index (χ1n) is 6.03. The number of hydrogen-bond acceptors (Lipinski definition) is 4. The average molecular weight is 214 g/mol. The maximum absolute atomic E-state index is 8.88. The van der Waals surface area contributed by atoms with Crippen LogP contribution in [0.3, 0.4) is 0 Å². The van der Waals surface area contributed by atoms with Crippen LogP contribution in [0.1, 0.15) is 25.7 Å². The van der Waals surface area contributed by atoms with Crippen molar-refractivity contribution in [3.05, 3.63) is 0 Å². The molecule has 1 heterocycles. The number of aliphatic hydroxyl groups excluding tert-OH is 1. The lowest BCUT2D eigenvalue weighted by molar-refractivity contribution is -0.0564. The Hall–Kier alpha value is -0.160. The van der Waals surface area contributed by atoms with Crippen molar-refractivity contribution in [3.8, 4) is 0 Å². The molecule has 0 aromatic carbocycles. The van der Waals surface area contributed by atoms with Crippen molar-refractivity contribution in [2.24, 2.45) is 5.73 Å². The molecule has 4 nitrogen and oxygen atoms in total. The lowest BCUT2D eigenvalue weighted by atomic mass is 10.1. The van der Waals surface area contributed by atoms with Crippen molar-refractivity contribution in [1.82, 2.24) is 4.90 Å². The first kappa shape index (κ1) is 11.3. The fourth-order valence-electron chi connectivity index (χ4n) is 2.71. The SMILES string of the molecule is NC(CO)CCN1CCOC2CCCC21. The molecule has 2 rings (SSSR count). The molecule has 3 atom stereocenters. The van der Waals surface area contributed by atoms with Crippen LogP contribution < -0.4 is 5.73 Å². The minimum absolute atomic E-state index is 0.0623. The van der Waals surface area contributed by atoms with Gasteiger partial charge in [0.1, 0.15) is 0 Å². The van der Waals surface area contributed by atoms with Crippen molar-refractivity contribution in [2.45, 2.75) is 43.9 Å². The van der Waals surface area contributed by atoms with E-state index in [0.29, 0.717) is 12.1 Å². The third-order valence-electron chi connectivity index (χ3n) is 3.62. The molecular weight excluding hydrogens is 192 g/mol. The van der Waals surface area contributed by atoms with Crippen molar-refractivity contribution >= 4 is 0 Å². The monoisotopic (exact) mass is 214 g/mol. The molecule has 3 N–H and O–H groups in total. The zero-order valence-electron chi connectivity index (χ0n) is 9.27. The van der Waals surface area contributed by atoms with Gasteiger partial charge in [0.05, 0.1) is 19.3 Å². The quantitative estimate of drug-likeness (QED) is 0.689. The summed E-state index contributed by atoms with van der Waals surface area (Å²) in [4.78, 5) is 2.50. The van der Waals surface area contributed by atoms with E-state index in [4.69, 9.17) is 15.6 Å². The second-order valence-electron chi connectivity index (χ2n) is 4.67. The van der Waals surface area contributed by atoms with Gasteiger partial charge < -0.3 is 15.6 Å². The van der Waals surface area contributed by atoms with E-state index in [-0.39, 0.29) is 12.6 Å². The molecule has 4 heteroatoms. The lowest BCUT2D eigenvalue weighted by Gasteiger charge is -2.38. The highest BCUT2D eigenvalue weighted by atomic mass is 16.5. The van der Waals surface area contributed by atoms with Crippen molar-refractivity contribution in [1.29, 1.82) is 0 Å². The Morgan fingerprint density at radius 3 is 3.13 bits per heavy atom. The van der Waals surface area contributed by atoms with Gasteiger partial charge in [0, 0.05) is 25.2 Å². The molecule has 15 heavy (non-hydrogen) atoms. The van der Waals surface area contributed by atoms with Crippen LogP contribution in [0.5, 0.6) is 0 Å². The Kier molecular flexibility index (Phi) is 3.97. The Bertz CT molecular complexity index is 201. The number of fused-ring (bicyclic) bond motifs is 1. The molecular formula is C11H22N2O2. The molecule has 0 aromatic heterocycles. The second kappa shape index (κ2) is 5.25. The molecule has 0 radical (unpaired) electrons. The summed E-state index contributed by atoms with van der Waals surface area (Å²) in [6, 6.07) is 0.553. The van der Waals surface area contributed by atoms with Gasteiger partial charge in [0.15, 0.2) is 0 Å². The molecule has 1 aliphatic carbocycles. The summed E-state index contributed by atoms with van der Waals surface area (Å²) >= 11 is 0. The van der Waals surface area contributed by atoms with Crippen LogP contribution in [-0.4, -0.2) is 54.5 Å². The van der Waals surface area contributed by atoms with Crippen molar-refractivity contribution in [3.63, 3.8) is 0 Å². The summed E-state index contributed by atoms with van der Waals surface area (Å²) in [7, 11) is 0. The molecule has 1 saturated heterocycles. The van der Waals surface area contributed by atoms with E-state index in [2.05, 4.69) is 4.90 Å². The number of aliphatic hydroxyl groups is 1. The van der Waals surface area contributed by atoms with Gasteiger partial charge in [-0.2, -0.15) is 0 Å². The summed E-state index contributed by atoms with van der Waals surface area (Å²) in [5, 5.41) is 8.88. The van der Waals surface area contributed by atoms with Crippen LogP contribution in [0.15, 0.2) is 0 Å². The Labute approximate surface area is 91.4 Å². The van der Waals surface area contributed by atoms with E-state index < -0.39 is 0 Å². The van der Waals surface area contributed by atoms with Crippen molar-refractivity contribution in [2.75, 3.05) is 26.3 Å². The highest BCUT2D eigenvalue weighted by Gasteiger charge is 2.35. The Morgan fingerprint density at radius 1 is 1.47 bits per heavy atom. The van der Waals surface area contributed by atoms with Gasteiger partial charge in [-0.15, -0.1) is 0 Å². The minimum atomic E-state index is -0.0623. The Balaban J connectivity index is 1.80. The van der Waals surface area contributed by atoms with Crippen LogP contribution in [0.4, 0.5) is 0 Å². The largest absolute Gasteiger partial charge is 0.395 e. The topological polar surface area (TPSA) is 58.7 Å². The highest BCUT2D eigenvalue weighted by molar-refractivity contribution is 4.89. The number of hydrogen-bond donors (Lipinski definition) is 2. The summed E-state index contributed by atoms with van der Waals surface area (Å²) in [5.41, 5.74) is 5.72. The average Bonchev–Trinajstić information content (AvgIpc) is 2.74. The van der Waals surface area contributed by atoms with E-state index >= 15 is 0 Å². The maximum atomic E-state index is 8.88. The van der Waals surface area contributed by atoms with Crippen LogP contribution in [0.25, 0.3) is 0 Å². The van der Waals surface area contributed by atoms with E-state index in [1.165, 1.54) is 19.3 Å². The summed E-state index contributed by atoms with van der Waals surface area (Å²) in [6.45, 7) is 2.99. The first-order chi connectivity index (χ1) is 7.31. The molecule has 2 fully saturated rings. The fourth-order valence-corrected chi connectivity index (χ4v) is 2.71. The minimum Gasteiger partial charge on any atom is -0.395 e.